The van der Waals surface area contributed by atoms with E-state index in [1.165, 1.54) is 19.2 Å². The molecule has 34 heavy (non-hydrogen) atoms. The summed E-state index contributed by atoms with van der Waals surface area (Å²) in [6, 6.07) is 5.48. The molecule has 2 heterocycles. The molecule has 0 fully saturated rings. The minimum Gasteiger partial charge on any atom is -0.480 e. The molecule has 1 amide bonds. The maximum absolute atomic E-state index is 12.9. The van der Waals surface area contributed by atoms with E-state index in [1.54, 1.807) is 6.92 Å². The second-order valence-corrected chi connectivity index (χ2v) is 7.16. The van der Waals surface area contributed by atoms with E-state index in [2.05, 4.69) is 25.2 Å². The molecule has 2 aromatic rings. The number of alkyl halides is 5. The highest BCUT2D eigenvalue weighted by molar-refractivity contribution is 6.03. The van der Waals surface area contributed by atoms with Gasteiger partial charge in [-0.05, 0) is 38.1 Å². The highest BCUT2D eigenvalue weighted by Crippen LogP contribution is 2.35. The van der Waals surface area contributed by atoms with E-state index in [0.29, 0.717) is 0 Å². The summed E-state index contributed by atoms with van der Waals surface area (Å²) in [7, 11) is 1.25. The predicted octanol–water partition coefficient (Wildman–Crippen LogP) is 3.90. The highest BCUT2D eigenvalue weighted by Gasteiger charge is 2.57. The molecular formula is C20H21F6N5O3. The Labute approximate surface area is 190 Å². The number of nitrogens with two attached hydrogens (primary N) is 1. The van der Waals surface area contributed by atoms with Crippen LogP contribution in [-0.4, -0.2) is 53.5 Å². The van der Waals surface area contributed by atoms with Gasteiger partial charge in [-0.1, -0.05) is 0 Å². The number of aromatic nitrogens is 2. The van der Waals surface area contributed by atoms with Gasteiger partial charge in [0, 0.05) is 11.8 Å². The minimum absolute atomic E-state index is 0.0588. The number of amidine groups is 1. The van der Waals surface area contributed by atoms with Crippen LogP contribution in [0.2, 0.25) is 0 Å². The first-order valence-corrected chi connectivity index (χ1v) is 9.59. The fraction of sp³-hybridized carbons (Fsp3) is 0.400. The average molecular weight is 493 g/mol. The van der Waals surface area contributed by atoms with Crippen molar-refractivity contribution in [1.82, 2.24) is 10.2 Å². The number of carbonyl (C=O) groups excluding carboxylic acids is 1. The van der Waals surface area contributed by atoms with Gasteiger partial charge < -0.3 is 20.5 Å². The first-order valence-electron chi connectivity index (χ1n) is 9.59. The molecule has 3 rings (SSSR count). The van der Waals surface area contributed by atoms with Gasteiger partial charge in [-0.15, -0.1) is 10.2 Å². The molecule has 0 bridgehead atoms. The Morgan fingerprint density at radius 3 is 2.38 bits per heavy atom. The first kappa shape index (κ1) is 26.8. The van der Waals surface area contributed by atoms with Gasteiger partial charge >= 0.3 is 6.18 Å². The van der Waals surface area contributed by atoms with Gasteiger partial charge in [0.1, 0.15) is 11.7 Å². The second kappa shape index (κ2) is 10.7. The summed E-state index contributed by atoms with van der Waals surface area (Å²) in [6.07, 6.45) is -7.43. The van der Waals surface area contributed by atoms with Gasteiger partial charge in [-0.2, -0.15) is 13.2 Å². The van der Waals surface area contributed by atoms with Crippen molar-refractivity contribution in [1.29, 1.82) is 0 Å². The molecule has 1 aromatic heterocycles. The van der Waals surface area contributed by atoms with E-state index in [1.807, 2.05) is 0 Å². The Balaban J connectivity index is 0.000000270. The molecule has 0 spiro atoms. The smallest absolute Gasteiger partial charge is 0.424 e. The number of ether oxygens (including phenoxy) is 2. The quantitative estimate of drug-likeness (QED) is 0.625. The number of rotatable bonds is 4. The zero-order valence-electron chi connectivity index (χ0n) is 18.2. The number of nitrogens with zero attached hydrogens (tertiary/aromatic N) is 3. The minimum atomic E-state index is -4.51. The number of nitrogens with one attached hydrogen (secondary N) is 1. The summed E-state index contributed by atoms with van der Waals surface area (Å²) < 4.78 is 85.3. The van der Waals surface area contributed by atoms with E-state index in [-0.39, 0.29) is 24.2 Å². The van der Waals surface area contributed by atoms with Gasteiger partial charge in [0.25, 0.3) is 12.3 Å². The van der Waals surface area contributed by atoms with Gasteiger partial charge in [-0.3, -0.25) is 9.79 Å². The lowest BCUT2D eigenvalue weighted by atomic mass is 10.0. The van der Waals surface area contributed by atoms with E-state index in [0.717, 1.165) is 25.1 Å². The van der Waals surface area contributed by atoms with Crippen molar-refractivity contribution in [2.24, 2.45) is 10.7 Å². The van der Waals surface area contributed by atoms with Gasteiger partial charge in [0.05, 0.1) is 25.3 Å². The summed E-state index contributed by atoms with van der Waals surface area (Å²) in [4.78, 5) is 15.6. The molecule has 1 aliphatic heterocycles. The van der Waals surface area contributed by atoms with Crippen molar-refractivity contribution < 1.29 is 40.6 Å². The molecule has 0 saturated carbocycles. The van der Waals surface area contributed by atoms with Crippen LogP contribution in [0.5, 0.6) is 5.88 Å². The van der Waals surface area contributed by atoms with Crippen LogP contribution in [0, 0.1) is 5.82 Å². The van der Waals surface area contributed by atoms with Crippen molar-refractivity contribution in [3.8, 4) is 5.88 Å². The van der Waals surface area contributed by atoms with Crippen molar-refractivity contribution >= 4 is 17.4 Å². The summed E-state index contributed by atoms with van der Waals surface area (Å²) in [5, 5.41) is 9.27. The van der Waals surface area contributed by atoms with Crippen LogP contribution in [0.4, 0.5) is 32.0 Å². The normalized spacial score (nSPS) is 20.2. The lowest BCUT2D eigenvalue weighted by molar-refractivity contribution is -0.245. The third-order valence-corrected chi connectivity index (χ3v) is 4.56. The van der Waals surface area contributed by atoms with Crippen molar-refractivity contribution in [3.05, 3.63) is 47.4 Å². The zero-order chi connectivity index (χ0) is 25.7. The monoisotopic (exact) mass is 493 g/mol. The molecule has 0 radical (unpaired) electrons. The third kappa shape index (κ3) is 6.34. The number of carbonyl (C=O) groups is 1. The number of hydrogen-bond donors (Lipinski definition) is 2. The molecule has 0 saturated heterocycles. The van der Waals surface area contributed by atoms with Gasteiger partial charge in [0.2, 0.25) is 11.5 Å². The number of hydrogen-bond acceptors (Lipinski definition) is 7. The number of benzene rings is 1. The van der Waals surface area contributed by atoms with E-state index in [4.69, 9.17) is 10.5 Å². The van der Waals surface area contributed by atoms with Crippen LogP contribution in [0.25, 0.3) is 0 Å². The molecule has 1 aliphatic rings. The Hall–Kier alpha value is -3.42. The van der Waals surface area contributed by atoms with Crippen LogP contribution >= 0.6 is 0 Å². The summed E-state index contributed by atoms with van der Waals surface area (Å²) in [6.45, 7) is 2.47. The molecule has 1 aromatic carbocycles. The van der Waals surface area contributed by atoms with E-state index < -0.39 is 47.0 Å². The Morgan fingerprint density at radius 2 is 1.88 bits per heavy atom. The summed E-state index contributed by atoms with van der Waals surface area (Å²) in [5.74, 6) is -1.97. The molecule has 14 heteroatoms. The number of amides is 1. The lowest BCUT2D eigenvalue weighted by Gasteiger charge is -2.35. The fourth-order valence-corrected chi connectivity index (χ4v) is 2.54. The van der Waals surface area contributed by atoms with Crippen LogP contribution in [-0.2, 0) is 4.74 Å². The van der Waals surface area contributed by atoms with Gasteiger partial charge in [0.15, 0.2) is 5.69 Å². The topological polar surface area (TPSA) is 112 Å². The molecular weight excluding hydrogens is 472 g/mol. The van der Waals surface area contributed by atoms with Crippen LogP contribution in [0.15, 0.2) is 35.3 Å². The predicted molar refractivity (Wildman–Crippen MR) is 109 cm³/mol. The average Bonchev–Trinajstić information content (AvgIpc) is 2.77. The molecule has 8 nitrogen and oxygen atoms in total. The number of halogens is 6. The molecule has 0 unspecified atom stereocenters. The third-order valence-electron chi connectivity index (χ3n) is 4.56. The highest BCUT2D eigenvalue weighted by atomic mass is 19.4. The molecule has 0 aliphatic carbocycles. The van der Waals surface area contributed by atoms with Gasteiger partial charge in [-0.25, -0.2) is 13.2 Å². The Morgan fingerprint density at radius 1 is 1.26 bits per heavy atom. The Kier molecular flexibility index (Phi) is 8.42. The van der Waals surface area contributed by atoms with Crippen molar-refractivity contribution in [3.63, 3.8) is 0 Å². The molecule has 3 N–H and O–H groups in total. The fourth-order valence-electron chi connectivity index (χ4n) is 2.54. The Bertz CT molecular complexity index is 1030. The van der Waals surface area contributed by atoms with Crippen LogP contribution in [0.3, 0.4) is 0 Å². The maximum Gasteiger partial charge on any atom is 0.424 e. The lowest BCUT2D eigenvalue weighted by Crippen LogP contribution is -2.58. The number of methoxy groups -OCH3 is 1. The number of anilines is 1. The first-order chi connectivity index (χ1) is 15.8. The molecule has 2 atom stereocenters. The van der Waals surface area contributed by atoms with Crippen LogP contribution in [0.1, 0.15) is 36.3 Å². The van der Waals surface area contributed by atoms with E-state index >= 15 is 0 Å². The standard InChI is InChI=1S/C13H10F3N3O2.C7H11F3N2O/c1-21-10-6-9(12(15)16)11(19-18-10)13(20)17-8-4-2-7(14)3-5-8;1-4-3-13-6(2,5(11)12-4)7(8,9)10/h2-6,12H,1H3,(H,17,20);4H,3H2,1-2H3,(H2,11,12)/t;4-,6+/m.0/s1. The van der Waals surface area contributed by atoms with E-state index in [9.17, 15) is 31.1 Å². The zero-order valence-corrected chi connectivity index (χ0v) is 18.2. The summed E-state index contributed by atoms with van der Waals surface area (Å²) >= 11 is 0. The SMILES string of the molecule is COc1cc(C(F)F)c(C(=O)Nc2ccc(F)cc2)nn1.C[C@H]1CO[C@@](C)(C(F)(F)F)C(N)=N1. The van der Waals surface area contributed by atoms with Crippen molar-refractivity contribution in [2.45, 2.75) is 38.1 Å². The largest absolute Gasteiger partial charge is 0.480 e. The second-order valence-electron chi connectivity index (χ2n) is 7.16. The number of aliphatic imine (C=N–C) groups is 1. The molecule has 186 valence electrons. The summed E-state index contributed by atoms with van der Waals surface area (Å²) in [5.41, 5.74) is 1.91. The van der Waals surface area contributed by atoms with Crippen molar-refractivity contribution in [2.75, 3.05) is 19.0 Å². The maximum atomic E-state index is 12.9. The van der Waals surface area contributed by atoms with Crippen LogP contribution < -0.4 is 15.8 Å².